The van der Waals surface area contributed by atoms with Gasteiger partial charge in [-0.25, -0.2) is 0 Å². The Kier molecular flexibility index (Phi) is 6.89. The van der Waals surface area contributed by atoms with E-state index in [-0.39, 0.29) is 6.04 Å². The molecule has 0 N–H and O–H groups in total. The lowest BCUT2D eigenvalue weighted by Gasteiger charge is -2.26. The Bertz CT molecular complexity index is 697. The van der Waals surface area contributed by atoms with Crippen LogP contribution in [0.15, 0.2) is 79.9 Å². The second-order valence-corrected chi connectivity index (χ2v) is 5.34. The van der Waals surface area contributed by atoms with E-state index in [4.69, 9.17) is 4.74 Å². The Hall–Kier alpha value is -2.76. The van der Waals surface area contributed by atoms with E-state index < -0.39 is 0 Å². The van der Waals surface area contributed by atoms with Gasteiger partial charge < -0.3 is 4.74 Å². The van der Waals surface area contributed by atoms with Crippen molar-refractivity contribution < 1.29 is 4.74 Å². The monoisotopic (exact) mass is 317 g/mol. The van der Waals surface area contributed by atoms with Gasteiger partial charge >= 0.3 is 0 Å². The highest BCUT2D eigenvalue weighted by Gasteiger charge is 2.16. The molecule has 0 heterocycles. The summed E-state index contributed by atoms with van der Waals surface area (Å²) in [5.41, 5.74) is 2.14. The van der Waals surface area contributed by atoms with Gasteiger partial charge in [0.05, 0.1) is 13.2 Å². The molecule has 0 aromatic heterocycles. The summed E-state index contributed by atoms with van der Waals surface area (Å²) in [6.45, 7) is 9.21. The lowest BCUT2D eigenvalue weighted by molar-refractivity contribution is 0.293. The average molecular weight is 317 g/mol. The van der Waals surface area contributed by atoms with Crippen LogP contribution in [0.1, 0.15) is 17.2 Å². The third kappa shape index (κ3) is 4.87. The van der Waals surface area contributed by atoms with Crippen LogP contribution in [0.2, 0.25) is 0 Å². The Morgan fingerprint density at radius 1 is 1.00 bits per heavy atom. The zero-order valence-corrected chi connectivity index (χ0v) is 14.1. The van der Waals surface area contributed by atoms with Crippen molar-refractivity contribution in [3.05, 3.63) is 91.0 Å². The molecule has 24 heavy (non-hydrogen) atoms. The summed E-state index contributed by atoms with van der Waals surface area (Å²) in [5, 5.41) is 0. The van der Waals surface area contributed by atoms with E-state index in [9.17, 15) is 0 Å². The lowest BCUT2D eigenvalue weighted by Crippen LogP contribution is -2.28. The van der Waals surface area contributed by atoms with Crippen LogP contribution in [0.25, 0.3) is 0 Å². The number of rotatable bonds is 7. The Morgan fingerprint density at radius 2 is 1.62 bits per heavy atom. The number of methoxy groups -OCH3 is 1. The zero-order valence-electron chi connectivity index (χ0n) is 14.1. The first-order valence-electron chi connectivity index (χ1n) is 7.95. The molecule has 2 nitrogen and oxygen atoms in total. The quantitative estimate of drug-likeness (QED) is 0.552. The Labute approximate surface area is 145 Å². The normalized spacial score (nSPS) is 11.2. The van der Waals surface area contributed by atoms with Gasteiger partial charge in [-0.3, -0.25) is 4.90 Å². The van der Waals surface area contributed by atoms with Crippen LogP contribution in [0.3, 0.4) is 0 Å². The largest absolute Gasteiger partial charge is 0.497 e. The van der Waals surface area contributed by atoms with Crippen LogP contribution in [-0.2, 0) is 0 Å². The lowest BCUT2D eigenvalue weighted by atomic mass is 10.0. The van der Waals surface area contributed by atoms with Gasteiger partial charge in [0.25, 0.3) is 0 Å². The van der Waals surface area contributed by atoms with Crippen LogP contribution in [0, 0.1) is 11.8 Å². The van der Waals surface area contributed by atoms with E-state index in [1.807, 2.05) is 54.6 Å². The van der Waals surface area contributed by atoms with Crippen LogP contribution < -0.4 is 4.74 Å². The first kappa shape index (κ1) is 17.6. The molecule has 0 saturated heterocycles. The number of nitrogens with zero attached hydrogens (tertiary/aromatic N) is 1. The van der Waals surface area contributed by atoms with Gasteiger partial charge in [0.2, 0.25) is 0 Å². The highest BCUT2D eigenvalue weighted by atomic mass is 16.5. The van der Waals surface area contributed by atoms with E-state index in [1.54, 1.807) is 7.11 Å². The molecule has 0 aliphatic rings. The molecule has 0 unspecified atom stereocenters. The van der Waals surface area contributed by atoms with Crippen molar-refractivity contribution in [3.8, 4) is 17.6 Å². The Balaban J connectivity index is 2.37. The smallest absolute Gasteiger partial charge is 0.118 e. The van der Waals surface area contributed by atoms with Crippen molar-refractivity contribution in [2.24, 2.45) is 0 Å². The third-order valence-electron chi connectivity index (χ3n) is 3.65. The maximum Gasteiger partial charge on any atom is 0.118 e. The summed E-state index contributed by atoms with van der Waals surface area (Å²) in [6.07, 6.45) is 3.79. The van der Waals surface area contributed by atoms with E-state index in [2.05, 4.69) is 42.0 Å². The van der Waals surface area contributed by atoms with E-state index in [0.717, 1.165) is 30.0 Å². The van der Waals surface area contributed by atoms with Crippen molar-refractivity contribution >= 4 is 0 Å². The summed E-state index contributed by atoms with van der Waals surface area (Å²) >= 11 is 0. The van der Waals surface area contributed by atoms with Crippen LogP contribution in [-0.4, -0.2) is 25.1 Å². The van der Waals surface area contributed by atoms with Gasteiger partial charge in [-0.15, -0.1) is 13.2 Å². The van der Waals surface area contributed by atoms with Gasteiger partial charge in [-0.2, -0.15) is 0 Å². The minimum atomic E-state index is -0.0351. The highest BCUT2D eigenvalue weighted by Crippen LogP contribution is 2.23. The average Bonchev–Trinajstić information content (AvgIpc) is 2.63. The Morgan fingerprint density at radius 3 is 2.17 bits per heavy atom. The van der Waals surface area contributed by atoms with Crippen LogP contribution in [0.4, 0.5) is 0 Å². The molecule has 1 atom stereocenters. The predicted molar refractivity (Wildman–Crippen MR) is 101 cm³/mol. The van der Waals surface area contributed by atoms with Crippen molar-refractivity contribution in [1.82, 2.24) is 4.90 Å². The minimum Gasteiger partial charge on any atom is -0.497 e. The number of benzene rings is 2. The van der Waals surface area contributed by atoms with Crippen LogP contribution in [0.5, 0.6) is 5.75 Å². The SMILES string of the molecule is C=CCN(CC=C)[C@@H](C#Cc1ccccc1)c1ccc(OC)cc1. The third-order valence-corrected chi connectivity index (χ3v) is 3.65. The van der Waals surface area contributed by atoms with Crippen molar-refractivity contribution in [2.45, 2.75) is 6.04 Å². The number of hydrogen-bond acceptors (Lipinski definition) is 2. The second kappa shape index (κ2) is 9.39. The molecule has 0 amide bonds. The topological polar surface area (TPSA) is 12.5 Å². The molecule has 0 fully saturated rings. The molecule has 0 aliphatic heterocycles. The molecular formula is C22H23NO. The van der Waals surface area contributed by atoms with Gasteiger partial charge in [-0.05, 0) is 29.8 Å². The zero-order chi connectivity index (χ0) is 17.2. The molecular weight excluding hydrogens is 294 g/mol. The van der Waals surface area contributed by atoms with Crippen molar-refractivity contribution in [3.63, 3.8) is 0 Å². The summed E-state index contributed by atoms with van der Waals surface area (Å²) in [4.78, 5) is 2.23. The molecule has 0 bridgehead atoms. The summed E-state index contributed by atoms with van der Waals surface area (Å²) in [7, 11) is 1.67. The standard InChI is InChI=1S/C22H23NO/c1-4-17-23(18-5-2)22(16-11-19-9-7-6-8-10-19)20-12-14-21(24-3)15-13-20/h4-10,12-15,22H,1-2,17-18H2,3H3/t22-/m0/s1. The molecule has 0 spiro atoms. The second-order valence-electron chi connectivity index (χ2n) is 5.34. The first-order chi connectivity index (χ1) is 11.8. The molecule has 0 aliphatic carbocycles. The fraction of sp³-hybridized carbons (Fsp3) is 0.182. The fourth-order valence-electron chi connectivity index (χ4n) is 2.46. The summed E-state index contributed by atoms with van der Waals surface area (Å²) < 4.78 is 5.25. The van der Waals surface area contributed by atoms with Gasteiger partial charge in [0.1, 0.15) is 5.75 Å². The summed E-state index contributed by atoms with van der Waals surface area (Å²) in [6, 6.07) is 18.0. The molecule has 0 radical (unpaired) electrons. The maximum atomic E-state index is 5.25. The highest BCUT2D eigenvalue weighted by molar-refractivity contribution is 5.39. The first-order valence-corrected chi connectivity index (χ1v) is 7.95. The molecule has 2 aromatic rings. The molecule has 2 aromatic carbocycles. The maximum absolute atomic E-state index is 5.25. The summed E-state index contributed by atoms with van der Waals surface area (Å²) in [5.74, 6) is 7.52. The molecule has 2 heteroatoms. The van der Waals surface area contributed by atoms with E-state index in [0.29, 0.717) is 0 Å². The van der Waals surface area contributed by atoms with Crippen LogP contribution >= 0.6 is 0 Å². The molecule has 122 valence electrons. The van der Waals surface area contributed by atoms with E-state index in [1.165, 1.54) is 0 Å². The fourth-order valence-corrected chi connectivity index (χ4v) is 2.46. The number of ether oxygens (including phenoxy) is 1. The molecule has 2 rings (SSSR count). The van der Waals surface area contributed by atoms with Gasteiger partial charge in [-0.1, -0.05) is 54.3 Å². The minimum absolute atomic E-state index is 0.0351. The van der Waals surface area contributed by atoms with Crippen molar-refractivity contribution in [1.29, 1.82) is 0 Å². The van der Waals surface area contributed by atoms with Gasteiger partial charge in [0, 0.05) is 18.7 Å². The molecule has 0 saturated carbocycles. The van der Waals surface area contributed by atoms with E-state index >= 15 is 0 Å². The van der Waals surface area contributed by atoms with Crippen molar-refractivity contribution in [2.75, 3.05) is 20.2 Å². The van der Waals surface area contributed by atoms with Gasteiger partial charge in [0.15, 0.2) is 0 Å². The number of hydrogen-bond donors (Lipinski definition) is 0. The predicted octanol–water partition coefficient (Wildman–Crippen LogP) is 4.46.